The van der Waals surface area contributed by atoms with Crippen LogP contribution in [-0.2, 0) is 6.61 Å². The van der Waals surface area contributed by atoms with E-state index in [0.29, 0.717) is 0 Å². The Morgan fingerprint density at radius 2 is 2.19 bits per heavy atom. The normalized spacial score (nSPS) is 12.1. The molecule has 1 N–H and O–H groups in total. The van der Waals surface area contributed by atoms with Gasteiger partial charge >= 0.3 is 0 Å². The summed E-state index contributed by atoms with van der Waals surface area (Å²) in [5, 5.41) is 9.23. The molecule has 16 heavy (non-hydrogen) atoms. The molecule has 0 aliphatic rings. The van der Waals surface area contributed by atoms with E-state index in [2.05, 4.69) is 12.6 Å². The molecule has 84 valence electrons. The zero-order chi connectivity index (χ0) is 12.0. The van der Waals surface area contributed by atoms with E-state index in [9.17, 15) is 5.11 Å². The van der Waals surface area contributed by atoms with Gasteiger partial charge in [-0.1, -0.05) is 49.1 Å². The molecule has 0 saturated carbocycles. The van der Waals surface area contributed by atoms with Gasteiger partial charge in [0.2, 0.25) is 0 Å². The van der Waals surface area contributed by atoms with E-state index in [1.165, 1.54) is 0 Å². The molecule has 0 atom stereocenters. The first kappa shape index (κ1) is 12.5. The van der Waals surface area contributed by atoms with Gasteiger partial charge < -0.3 is 5.11 Å². The van der Waals surface area contributed by atoms with Gasteiger partial charge in [-0.25, -0.2) is 0 Å². The Bertz CT molecular complexity index is 425. The van der Waals surface area contributed by atoms with Gasteiger partial charge in [0.15, 0.2) is 0 Å². The van der Waals surface area contributed by atoms with Gasteiger partial charge in [-0.2, -0.15) is 0 Å². The van der Waals surface area contributed by atoms with Crippen molar-refractivity contribution in [2.24, 2.45) is 0 Å². The Morgan fingerprint density at radius 3 is 2.75 bits per heavy atom. The number of rotatable bonds is 4. The molecule has 0 aliphatic carbocycles. The fourth-order valence-corrected chi connectivity index (χ4v) is 1.71. The predicted octanol–water partition coefficient (Wildman–Crippen LogP) is 3.63. The molecular formula is C15H18O. The first-order chi connectivity index (χ1) is 7.74. The molecule has 1 rings (SSSR count). The Hall–Kier alpha value is -1.60. The lowest BCUT2D eigenvalue weighted by Gasteiger charge is -2.10. The van der Waals surface area contributed by atoms with Crippen LogP contribution in [0.1, 0.15) is 23.6 Å². The summed E-state index contributed by atoms with van der Waals surface area (Å²) >= 11 is 0. The first-order valence-corrected chi connectivity index (χ1v) is 5.39. The predicted molar refractivity (Wildman–Crippen MR) is 70.1 cm³/mol. The van der Waals surface area contributed by atoms with Crippen LogP contribution in [0.5, 0.6) is 0 Å². The van der Waals surface area contributed by atoms with Crippen molar-refractivity contribution in [3.8, 4) is 0 Å². The molecule has 0 heterocycles. The second-order valence-corrected chi connectivity index (χ2v) is 3.61. The van der Waals surface area contributed by atoms with Crippen LogP contribution in [0, 0.1) is 6.92 Å². The fourth-order valence-electron chi connectivity index (χ4n) is 1.71. The highest BCUT2D eigenvalue weighted by atomic mass is 16.3. The molecule has 0 fully saturated rings. The molecule has 0 saturated heterocycles. The van der Waals surface area contributed by atoms with Gasteiger partial charge in [0, 0.05) is 0 Å². The summed E-state index contributed by atoms with van der Waals surface area (Å²) < 4.78 is 0. The van der Waals surface area contributed by atoms with Crippen molar-refractivity contribution < 1.29 is 5.11 Å². The Morgan fingerprint density at radius 1 is 1.44 bits per heavy atom. The zero-order valence-corrected chi connectivity index (χ0v) is 9.90. The first-order valence-electron chi connectivity index (χ1n) is 5.39. The largest absolute Gasteiger partial charge is 0.392 e. The number of hydrogen-bond donors (Lipinski definition) is 1. The van der Waals surface area contributed by atoms with Gasteiger partial charge in [-0.05, 0) is 36.1 Å². The lowest BCUT2D eigenvalue weighted by atomic mass is 9.96. The minimum atomic E-state index is 0.0802. The van der Waals surface area contributed by atoms with Gasteiger partial charge in [0.1, 0.15) is 0 Å². The molecule has 0 bridgehead atoms. The molecule has 1 aromatic rings. The van der Waals surface area contributed by atoms with E-state index in [4.69, 9.17) is 0 Å². The summed E-state index contributed by atoms with van der Waals surface area (Å²) in [5.41, 5.74) is 4.35. The molecule has 1 aromatic carbocycles. The summed E-state index contributed by atoms with van der Waals surface area (Å²) in [7, 11) is 0. The van der Waals surface area contributed by atoms with Crippen LogP contribution in [0.4, 0.5) is 0 Å². The van der Waals surface area contributed by atoms with Gasteiger partial charge in [0.25, 0.3) is 0 Å². The summed E-state index contributed by atoms with van der Waals surface area (Å²) in [6, 6.07) is 5.97. The quantitative estimate of drug-likeness (QED) is 0.759. The molecule has 0 unspecified atom stereocenters. The van der Waals surface area contributed by atoms with Crippen molar-refractivity contribution >= 4 is 5.57 Å². The second kappa shape index (κ2) is 6.09. The average molecular weight is 214 g/mol. The molecule has 0 aliphatic heterocycles. The molecule has 1 heteroatoms. The van der Waals surface area contributed by atoms with Crippen LogP contribution in [-0.4, -0.2) is 5.11 Å². The highest BCUT2D eigenvalue weighted by Crippen LogP contribution is 2.23. The van der Waals surface area contributed by atoms with E-state index < -0.39 is 0 Å². The van der Waals surface area contributed by atoms with E-state index >= 15 is 0 Å². The third-order valence-electron chi connectivity index (χ3n) is 2.57. The van der Waals surface area contributed by atoms with Gasteiger partial charge in [-0.3, -0.25) is 0 Å². The fraction of sp³-hybridized carbons (Fsp3) is 0.200. The van der Waals surface area contributed by atoms with E-state index in [0.717, 1.165) is 22.3 Å². The smallest absolute Gasteiger partial charge is 0.0684 e. The molecular weight excluding hydrogens is 196 g/mol. The number of benzene rings is 1. The highest BCUT2D eigenvalue weighted by Gasteiger charge is 2.04. The standard InChI is InChI=1S/C15H18O/c1-4-7-13(8-5-2)15-10-6-9-14(11-16)12(15)3/h4-10,16H,1,11H2,2-3H3/b8-5-,13-7+. The minimum absolute atomic E-state index is 0.0802. The topological polar surface area (TPSA) is 20.2 Å². The lowest BCUT2D eigenvalue weighted by molar-refractivity contribution is 0.281. The second-order valence-electron chi connectivity index (χ2n) is 3.61. The Kier molecular flexibility index (Phi) is 4.74. The average Bonchev–Trinajstić information content (AvgIpc) is 2.29. The Labute approximate surface area is 97.4 Å². The molecule has 0 aromatic heterocycles. The van der Waals surface area contributed by atoms with Crippen molar-refractivity contribution in [2.75, 3.05) is 0 Å². The zero-order valence-electron chi connectivity index (χ0n) is 9.90. The molecule has 1 nitrogen and oxygen atoms in total. The van der Waals surface area contributed by atoms with Crippen molar-refractivity contribution in [2.45, 2.75) is 20.5 Å². The van der Waals surface area contributed by atoms with Crippen molar-refractivity contribution in [3.05, 3.63) is 65.8 Å². The maximum Gasteiger partial charge on any atom is 0.0684 e. The maximum atomic E-state index is 9.23. The third-order valence-corrected chi connectivity index (χ3v) is 2.57. The number of aliphatic hydroxyl groups excluding tert-OH is 1. The van der Waals surface area contributed by atoms with E-state index in [-0.39, 0.29) is 6.61 Å². The van der Waals surface area contributed by atoms with Crippen LogP contribution in [0.3, 0.4) is 0 Å². The minimum Gasteiger partial charge on any atom is -0.392 e. The van der Waals surface area contributed by atoms with Crippen molar-refractivity contribution in [1.29, 1.82) is 0 Å². The molecule has 0 amide bonds. The maximum absolute atomic E-state index is 9.23. The monoisotopic (exact) mass is 214 g/mol. The molecule has 0 radical (unpaired) electrons. The summed E-state index contributed by atoms with van der Waals surface area (Å²) in [6.45, 7) is 7.82. The van der Waals surface area contributed by atoms with Gasteiger partial charge in [0.05, 0.1) is 6.61 Å². The van der Waals surface area contributed by atoms with Crippen LogP contribution in [0.25, 0.3) is 5.57 Å². The van der Waals surface area contributed by atoms with Crippen LogP contribution in [0.15, 0.2) is 49.1 Å². The van der Waals surface area contributed by atoms with Crippen LogP contribution < -0.4 is 0 Å². The summed E-state index contributed by atoms with van der Waals surface area (Å²) in [4.78, 5) is 0. The third kappa shape index (κ3) is 2.71. The summed E-state index contributed by atoms with van der Waals surface area (Å²) in [5.74, 6) is 0. The summed E-state index contributed by atoms with van der Waals surface area (Å²) in [6.07, 6.45) is 7.80. The highest BCUT2D eigenvalue weighted by molar-refractivity contribution is 5.77. The van der Waals surface area contributed by atoms with Crippen LogP contribution in [0.2, 0.25) is 0 Å². The number of allylic oxidation sites excluding steroid dienone is 5. The molecule has 0 spiro atoms. The SMILES string of the molecule is C=C/C=C(\C=C/C)c1cccc(CO)c1C. The number of aliphatic hydroxyl groups is 1. The lowest BCUT2D eigenvalue weighted by Crippen LogP contribution is -1.94. The van der Waals surface area contributed by atoms with Crippen molar-refractivity contribution in [3.63, 3.8) is 0 Å². The van der Waals surface area contributed by atoms with Crippen LogP contribution >= 0.6 is 0 Å². The Balaban J connectivity index is 3.30. The van der Waals surface area contributed by atoms with E-state index in [1.807, 2.05) is 44.2 Å². The van der Waals surface area contributed by atoms with Crippen molar-refractivity contribution in [1.82, 2.24) is 0 Å². The number of hydrogen-bond acceptors (Lipinski definition) is 1. The van der Waals surface area contributed by atoms with E-state index in [1.54, 1.807) is 6.08 Å². The van der Waals surface area contributed by atoms with Gasteiger partial charge in [-0.15, -0.1) is 0 Å².